The van der Waals surface area contributed by atoms with Crippen molar-refractivity contribution < 1.29 is 33.4 Å². The van der Waals surface area contributed by atoms with E-state index >= 15 is 0 Å². The lowest BCUT2D eigenvalue weighted by Crippen LogP contribution is -2.30. The van der Waals surface area contributed by atoms with Crippen LogP contribution >= 0.6 is 11.8 Å². The zero-order valence-electron chi connectivity index (χ0n) is 30.2. The van der Waals surface area contributed by atoms with Crippen molar-refractivity contribution in [2.75, 3.05) is 31.5 Å². The number of hydrogen-bond acceptors (Lipinski definition) is 8. The van der Waals surface area contributed by atoms with E-state index in [-0.39, 0.29) is 11.6 Å². The summed E-state index contributed by atoms with van der Waals surface area (Å²) >= 11 is 1.31. The van der Waals surface area contributed by atoms with E-state index in [0.717, 1.165) is 18.4 Å². The van der Waals surface area contributed by atoms with Crippen molar-refractivity contribution in [2.24, 2.45) is 0 Å². The number of rotatable bonds is 16. The monoisotopic (exact) mass is 743 g/mol. The highest BCUT2D eigenvalue weighted by Gasteiger charge is 2.23. The van der Waals surface area contributed by atoms with Crippen LogP contribution < -0.4 is 25.4 Å². The van der Waals surface area contributed by atoms with Crippen molar-refractivity contribution in [3.05, 3.63) is 155 Å². The molecule has 11 heteroatoms. The van der Waals surface area contributed by atoms with E-state index in [2.05, 4.69) is 16.0 Å². The largest absolute Gasteiger partial charge is 0.497 e. The quantitative estimate of drug-likeness (QED) is 0.0397. The number of amides is 3. The number of thioether (sulfide) groups is 1. The molecule has 0 spiro atoms. The highest BCUT2D eigenvalue weighted by molar-refractivity contribution is 8.00. The first-order valence-corrected chi connectivity index (χ1v) is 18.2. The number of methoxy groups -OCH3 is 2. The fourth-order valence-corrected chi connectivity index (χ4v) is 6.31. The van der Waals surface area contributed by atoms with Gasteiger partial charge in [-0.05, 0) is 90.9 Å². The predicted octanol–water partition coefficient (Wildman–Crippen LogP) is 8.54. The molecule has 0 heterocycles. The summed E-state index contributed by atoms with van der Waals surface area (Å²) in [5.74, 6) is -0.730. The molecule has 0 bridgehead atoms. The van der Waals surface area contributed by atoms with Gasteiger partial charge in [0, 0.05) is 27.4 Å². The van der Waals surface area contributed by atoms with Crippen molar-refractivity contribution in [2.45, 2.75) is 29.9 Å². The smallest absolute Gasteiger partial charge is 0.338 e. The summed E-state index contributed by atoms with van der Waals surface area (Å²) in [5.41, 5.74) is 2.99. The maximum Gasteiger partial charge on any atom is 0.338 e. The molecule has 0 aromatic heterocycles. The van der Waals surface area contributed by atoms with Crippen LogP contribution in [0.1, 0.15) is 56.9 Å². The second kappa shape index (κ2) is 19.5. The fourth-order valence-electron chi connectivity index (χ4n) is 5.22. The van der Waals surface area contributed by atoms with Gasteiger partial charge < -0.3 is 30.2 Å². The molecule has 0 saturated heterocycles. The number of ether oxygens (including phenoxy) is 3. The van der Waals surface area contributed by atoms with Crippen LogP contribution in [0.15, 0.2) is 138 Å². The Labute approximate surface area is 318 Å². The molecule has 3 N–H and O–H groups in total. The molecule has 276 valence electrons. The standard InChI is InChI=1S/C43H41N3O7S/c1-4-5-25-53-43(50)31-19-21-33(22-20-31)44-42(49)39(29-13-8-6-9-14-29)54-36-18-12-17-34(28-36)45-41(48)37(46-40(47)30-15-10-7-11-16-30)27-32-26-35(51-2)23-24-38(32)52-3/h6-24,26-28,39H,4-5,25H2,1-3H3,(H,44,49)(H,45,48)(H,46,47)/b37-27+. The van der Waals surface area contributed by atoms with Gasteiger partial charge in [0.05, 0.1) is 26.4 Å². The van der Waals surface area contributed by atoms with Gasteiger partial charge in [0.15, 0.2) is 0 Å². The molecule has 54 heavy (non-hydrogen) atoms. The minimum atomic E-state index is -0.669. The van der Waals surface area contributed by atoms with Crippen molar-refractivity contribution >= 4 is 52.9 Å². The highest BCUT2D eigenvalue weighted by Crippen LogP contribution is 2.37. The second-order valence-electron chi connectivity index (χ2n) is 11.9. The Morgan fingerprint density at radius 2 is 1.44 bits per heavy atom. The van der Waals surface area contributed by atoms with E-state index in [0.29, 0.717) is 51.1 Å². The van der Waals surface area contributed by atoms with Crippen molar-refractivity contribution in [1.82, 2.24) is 5.32 Å². The average molecular weight is 744 g/mol. The van der Waals surface area contributed by atoms with Gasteiger partial charge >= 0.3 is 5.97 Å². The molecular weight excluding hydrogens is 703 g/mol. The van der Waals surface area contributed by atoms with Crippen LogP contribution in [0.2, 0.25) is 0 Å². The summed E-state index contributed by atoms with van der Waals surface area (Å²) in [7, 11) is 3.04. The normalized spacial score (nSPS) is 11.5. The van der Waals surface area contributed by atoms with E-state index in [1.54, 1.807) is 91.0 Å². The van der Waals surface area contributed by atoms with Gasteiger partial charge in [0.25, 0.3) is 11.8 Å². The molecule has 0 radical (unpaired) electrons. The molecular formula is C43H41N3O7S. The average Bonchev–Trinajstić information content (AvgIpc) is 3.20. The third-order valence-corrected chi connectivity index (χ3v) is 9.32. The number of esters is 1. The van der Waals surface area contributed by atoms with E-state index in [1.807, 2.05) is 43.3 Å². The summed E-state index contributed by atoms with van der Waals surface area (Å²) in [5, 5.41) is 7.94. The third kappa shape index (κ3) is 10.8. The van der Waals surface area contributed by atoms with Gasteiger partial charge in [0.2, 0.25) is 5.91 Å². The molecule has 0 aliphatic rings. The zero-order valence-corrected chi connectivity index (χ0v) is 31.0. The number of hydrogen-bond donors (Lipinski definition) is 3. The topological polar surface area (TPSA) is 132 Å². The van der Waals surface area contributed by atoms with Gasteiger partial charge in [-0.2, -0.15) is 0 Å². The lowest BCUT2D eigenvalue weighted by molar-refractivity contribution is -0.116. The van der Waals surface area contributed by atoms with Crippen LogP contribution in [-0.4, -0.2) is 44.5 Å². The molecule has 0 saturated carbocycles. The van der Waals surface area contributed by atoms with Crippen LogP contribution in [-0.2, 0) is 14.3 Å². The number of carbonyl (C=O) groups is 4. The Morgan fingerprint density at radius 3 is 2.13 bits per heavy atom. The number of nitrogens with one attached hydrogen (secondary N) is 3. The first-order valence-electron chi connectivity index (χ1n) is 17.3. The molecule has 5 aromatic rings. The molecule has 0 fully saturated rings. The van der Waals surface area contributed by atoms with Crippen LogP contribution in [0.5, 0.6) is 11.5 Å². The second-order valence-corrected chi connectivity index (χ2v) is 13.1. The highest BCUT2D eigenvalue weighted by atomic mass is 32.2. The third-order valence-electron chi connectivity index (χ3n) is 8.07. The first kappa shape index (κ1) is 38.9. The number of benzene rings is 5. The summed E-state index contributed by atoms with van der Waals surface area (Å²) in [6.07, 6.45) is 3.23. The van der Waals surface area contributed by atoms with Crippen molar-refractivity contribution in [1.29, 1.82) is 0 Å². The zero-order chi connectivity index (χ0) is 38.3. The predicted molar refractivity (Wildman–Crippen MR) is 212 cm³/mol. The molecule has 10 nitrogen and oxygen atoms in total. The maximum absolute atomic E-state index is 13.9. The minimum absolute atomic E-state index is 0.0322. The molecule has 0 aliphatic carbocycles. The SMILES string of the molecule is CCCCOC(=O)c1ccc(NC(=O)C(Sc2cccc(NC(=O)/C(=C\c3cc(OC)ccc3OC)NC(=O)c3ccccc3)c2)c2ccccc2)cc1. The van der Waals surface area contributed by atoms with Crippen molar-refractivity contribution in [3.8, 4) is 11.5 Å². The van der Waals surface area contributed by atoms with Crippen LogP contribution in [0.4, 0.5) is 11.4 Å². The molecule has 5 aromatic carbocycles. The number of anilines is 2. The van der Waals surface area contributed by atoms with Crippen LogP contribution in [0.3, 0.4) is 0 Å². The molecule has 5 rings (SSSR count). The molecule has 3 amide bonds. The first-order chi connectivity index (χ1) is 26.3. The summed E-state index contributed by atoms with van der Waals surface area (Å²) in [4.78, 5) is 53.9. The molecule has 0 aliphatic heterocycles. The van der Waals surface area contributed by atoms with Gasteiger partial charge in [0.1, 0.15) is 22.4 Å². The maximum atomic E-state index is 13.9. The van der Waals surface area contributed by atoms with E-state index in [1.165, 1.54) is 32.1 Å². The Balaban J connectivity index is 1.36. The Bertz CT molecular complexity index is 2090. The van der Waals surface area contributed by atoms with E-state index in [4.69, 9.17) is 14.2 Å². The van der Waals surface area contributed by atoms with Crippen LogP contribution in [0, 0.1) is 0 Å². The Hall–Kier alpha value is -6.33. The summed E-state index contributed by atoms with van der Waals surface area (Å²) in [6.45, 7) is 2.38. The lowest BCUT2D eigenvalue weighted by Gasteiger charge is -2.18. The summed E-state index contributed by atoms with van der Waals surface area (Å²) < 4.78 is 16.2. The summed E-state index contributed by atoms with van der Waals surface area (Å²) in [6, 6.07) is 36.7. The van der Waals surface area contributed by atoms with E-state index < -0.39 is 23.0 Å². The molecule has 1 unspecified atom stereocenters. The lowest BCUT2D eigenvalue weighted by atomic mass is 10.1. The fraction of sp³-hybridized carbons (Fsp3) is 0.163. The van der Waals surface area contributed by atoms with Crippen LogP contribution in [0.25, 0.3) is 6.08 Å². The van der Waals surface area contributed by atoms with Gasteiger partial charge in [-0.3, -0.25) is 14.4 Å². The Morgan fingerprint density at radius 1 is 0.722 bits per heavy atom. The van der Waals surface area contributed by atoms with Crippen molar-refractivity contribution in [3.63, 3.8) is 0 Å². The van der Waals surface area contributed by atoms with E-state index in [9.17, 15) is 19.2 Å². The minimum Gasteiger partial charge on any atom is -0.497 e. The number of unbranched alkanes of at least 4 members (excludes halogenated alkanes) is 1. The molecule has 1 atom stereocenters. The van der Waals surface area contributed by atoms with Gasteiger partial charge in [-0.15, -0.1) is 11.8 Å². The number of carbonyl (C=O) groups excluding carboxylic acids is 4. The van der Waals surface area contributed by atoms with Gasteiger partial charge in [-0.25, -0.2) is 4.79 Å². The van der Waals surface area contributed by atoms with Gasteiger partial charge in [-0.1, -0.05) is 67.9 Å². The Kier molecular flexibility index (Phi) is 14.0.